The average Bonchev–Trinajstić information content (AvgIpc) is 3.18. The van der Waals surface area contributed by atoms with E-state index in [1.54, 1.807) is 0 Å². The fourth-order valence-electron chi connectivity index (χ4n) is 3.70. The minimum Gasteiger partial charge on any atom is -0.350 e. The Hall–Kier alpha value is -1.81. The lowest BCUT2D eigenvalue weighted by atomic mass is 10.1. The van der Waals surface area contributed by atoms with Crippen LogP contribution < -0.4 is 5.32 Å². The average molecular weight is 313 g/mol. The number of hydrogen-bond acceptors (Lipinski definition) is 2. The Balaban J connectivity index is 1.75. The number of carbonyl (C=O) groups excluding carboxylic acids is 1. The van der Waals surface area contributed by atoms with Crippen molar-refractivity contribution in [3.8, 4) is 0 Å². The molecule has 124 valence electrons. The predicted molar refractivity (Wildman–Crippen MR) is 94.8 cm³/mol. The molecule has 0 aliphatic carbocycles. The first-order valence-corrected chi connectivity index (χ1v) is 8.84. The van der Waals surface area contributed by atoms with E-state index in [0.29, 0.717) is 6.04 Å². The molecule has 3 rings (SSSR count). The predicted octanol–water partition coefficient (Wildman–Crippen LogP) is 3.27. The second kappa shape index (κ2) is 7.18. The Bertz CT molecular complexity index is 676. The maximum atomic E-state index is 12.7. The van der Waals surface area contributed by atoms with Crippen molar-refractivity contribution in [2.45, 2.75) is 45.7 Å². The molecule has 0 spiro atoms. The van der Waals surface area contributed by atoms with Crippen molar-refractivity contribution in [1.29, 1.82) is 0 Å². The Labute approximate surface area is 138 Å². The first kappa shape index (κ1) is 16.1. The number of rotatable bonds is 6. The van der Waals surface area contributed by atoms with Crippen molar-refractivity contribution >= 4 is 16.8 Å². The summed E-state index contributed by atoms with van der Waals surface area (Å²) < 4.78 is 2.19. The van der Waals surface area contributed by atoms with Crippen LogP contribution >= 0.6 is 0 Å². The first-order valence-electron chi connectivity index (χ1n) is 8.84. The summed E-state index contributed by atoms with van der Waals surface area (Å²) in [5, 5.41) is 4.21. The number of aromatic nitrogens is 1. The highest BCUT2D eigenvalue weighted by atomic mass is 16.1. The van der Waals surface area contributed by atoms with Crippen LogP contribution in [-0.2, 0) is 6.54 Å². The number of nitrogens with zero attached hydrogens (tertiary/aromatic N) is 2. The SMILES string of the molecule is CCCn1cc(C(=O)NCC2CCCN2CC)c2ccccc21. The summed E-state index contributed by atoms with van der Waals surface area (Å²) in [6, 6.07) is 8.67. The molecule has 1 aromatic carbocycles. The summed E-state index contributed by atoms with van der Waals surface area (Å²) in [7, 11) is 0. The molecular weight excluding hydrogens is 286 g/mol. The van der Waals surface area contributed by atoms with Crippen LogP contribution in [0.3, 0.4) is 0 Å². The number of amides is 1. The Morgan fingerprint density at radius 2 is 2.13 bits per heavy atom. The maximum absolute atomic E-state index is 12.7. The molecular formula is C19H27N3O. The molecule has 1 saturated heterocycles. The highest BCUT2D eigenvalue weighted by Gasteiger charge is 2.24. The van der Waals surface area contributed by atoms with E-state index in [4.69, 9.17) is 0 Å². The Morgan fingerprint density at radius 3 is 2.91 bits per heavy atom. The number of likely N-dealkylation sites (tertiary alicyclic amines) is 1. The van der Waals surface area contributed by atoms with Crippen molar-refractivity contribution in [2.75, 3.05) is 19.6 Å². The monoisotopic (exact) mass is 313 g/mol. The van der Waals surface area contributed by atoms with E-state index in [1.807, 2.05) is 24.4 Å². The molecule has 1 aliphatic rings. The van der Waals surface area contributed by atoms with Gasteiger partial charge >= 0.3 is 0 Å². The summed E-state index contributed by atoms with van der Waals surface area (Å²) in [6.07, 6.45) is 5.50. The van der Waals surface area contributed by atoms with E-state index in [1.165, 1.54) is 12.8 Å². The van der Waals surface area contributed by atoms with Gasteiger partial charge in [0.1, 0.15) is 0 Å². The molecule has 4 nitrogen and oxygen atoms in total. The number of benzene rings is 1. The van der Waals surface area contributed by atoms with E-state index in [9.17, 15) is 4.79 Å². The largest absolute Gasteiger partial charge is 0.350 e. The van der Waals surface area contributed by atoms with Crippen molar-refractivity contribution in [3.63, 3.8) is 0 Å². The number of fused-ring (bicyclic) bond motifs is 1. The van der Waals surface area contributed by atoms with Crippen LogP contribution in [0.4, 0.5) is 0 Å². The number of nitrogens with one attached hydrogen (secondary N) is 1. The fraction of sp³-hybridized carbons (Fsp3) is 0.526. The van der Waals surface area contributed by atoms with Crippen molar-refractivity contribution in [1.82, 2.24) is 14.8 Å². The highest BCUT2D eigenvalue weighted by molar-refractivity contribution is 6.07. The van der Waals surface area contributed by atoms with Gasteiger partial charge in [-0.2, -0.15) is 0 Å². The highest BCUT2D eigenvalue weighted by Crippen LogP contribution is 2.22. The summed E-state index contributed by atoms with van der Waals surface area (Å²) >= 11 is 0. The van der Waals surface area contributed by atoms with E-state index < -0.39 is 0 Å². The summed E-state index contributed by atoms with van der Waals surface area (Å²) in [5.41, 5.74) is 1.95. The van der Waals surface area contributed by atoms with E-state index in [-0.39, 0.29) is 5.91 Å². The molecule has 1 fully saturated rings. The number of hydrogen-bond donors (Lipinski definition) is 1. The first-order chi connectivity index (χ1) is 11.2. The van der Waals surface area contributed by atoms with Gasteiger partial charge in [0.2, 0.25) is 0 Å². The number of aryl methyl sites for hydroxylation is 1. The van der Waals surface area contributed by atoms with Crippen molar-refractivity contribution in [2.24, 2.45) is 0 Å². The molecule has 0 bridgehead atoms. The summed E-state index contributed by atoms with van der Waals surface area (Å²) in [5.74, 6) is 0.0546. The number of para-hydroxylation sites is 1. The van der Waals surface area contributed by atoms with Gasteiger partial charge < -0.3 is 9.88 Å². The normalized spacial score (nSPS) is 18.6. The van der Waals surface area contributed by atoms with Gasteiger partial charge in [0.05, 0.1) is 5.56 Å². The minimum atomic E-state index is 0.0546. The lowest BCUT2D eigenvalue weighted by Gasteiger charge is -2.22. The van der Waals surface area contributed by atoms with Gasteiger partial charge in [-0.1, -0.05) is 32.0 Å². The Morgan fingerprint density at radius 1 is 1.30 bits per heavy atom. The van der Waals surface area contributed by atoms with Crippen LogP contribution in [0.1, 0.15) is 43.5 Å². The molecule has 1 atom stereocenters. The smallest absolute Gasteiger partial charge is 0.253 e. The van der Waals surface area contributed by atoms with E-state index in [2.05, 4.69) is 34.7 Å². The van der Waals surface area contributed by atoms with Crippen LogP contribution in [0.25, 0.3) is 10.9 Å². The molecule has 1 aliphatic heterocycles. The van der Waals surface area contributed by atoms with E-state index >= 15 is 0 Å². The van der Waals surface area contributed by atoms with Gasteiger partial charge in [-0.05, 0) is 38.4 Å². The molecule has 2 heterocycles. The van der Waals surface area contributed by atoms with Crippen LogP contribution in [0, 0.1) is 0 Å². The summed E-state index contributed by atoms with van der Waals surface area (Å²) in [4.78, 5) is 15.1. The second-order valence-corrected chi connectivity index (χ2v) is 6.39. The maximum Gasteiger partial charge on any atom is 0.253 e. The molecule has 23 heavy (non-hydrogen) atoms. The molecule has 0 radical (unpaired) electrons. The van der Waals surface area contributed by atoms with E-state index in [0.717, 1.165) is 49.1 Å². The van der Waals surface area contributed by atoms with Crippen molar-refractivity contribution in [3.05, 3.63) is 36.0 Å². The fourth-order valence-corrected chi connectivity index (χ4v) is 3.70. The van der Waals surface area contributed by atoms with Crippen LogP contribution in [0.15, 0.2) is 30.5 Å². The molecule has 1 N–H and O–H groups in total. The zero-order valence-corrected chi connectivity index (χ0v) is 14.2. The van der Waals surface area contributed by atoms with Gasteiger partial charge in [0.15, 0.2) is 0 Å². The lowest BCUT2D eigenvalue weighted by Crippen LogP contribution is -2.40. The quantitative estimate of drug-likeness (QED) is 0.889. The van der Waals surface area contributed by atoms with Gasteiger partial charge in [-0.3, -0.25) is 9.69 Å². The third-order valence-corrected chi connectivity index (χ3v) is 4.90. The zero-order valence-electron chi connectivity index (χ0n) is 14.2. The molecule has 0 saturated carbocycles. The molecule has 2 aromatic rings. The van der Waals surface area contributed by atoms with Gasteiger partial charge in [-0.25, -0.2) is 0 Å². The third kappa shape index (κ3) is 3.27. The standard InChI is InChI=1S/C19H27N3O/c1-3-11-22-14-17(16-9-5-6-10-18(16)22)19(23)20-13-15-8-7-12-21(15)4-2/h5-6,9-10,14-15H,3-4,7-8,11-13H2,1-2H3,(H,20,23). The third-order valence-electron chi connectivity index (χ3n) is 4.90. The van der Waals surface area contributed by atoms with Crippen LogP contribution in [-0.4, -0.2) is 41.1 Å². The second-order valence-electron chi connectivity index (χ2n) is 6.39. The van der Waals surface area contributed by atoms with Gasteiger partial charge in [-0.15, -0.1) is 0 Å². The van der Waals surface area contributed by atoms with Crippen LogP contribution in [0.5, 0.6) is 0 Å². The molecule has 1 aromatic heterocycles. The van der Waals surface area contributed by atoms with Crippen molar-refractivity contribution < 1.29 is 4.79 Å². The zero-order chi connectivity index (χ0) is 16.2. The topological polar surface area (TPSA) is 37.3 Å². The molecule has 4 heteroatoms. The van der Waals surface area contributed by atoms with Crippen LogP contribution in [0.2, 0.25) is 0 Å². The van der Waals surface area contributed by atoms with Gasteiger partial charge in [0.25, 0.3) is 5.91 Å². The Kier molecular flexibility index (Phi) is 5.01. The number of carbonyl (C=O) groups is 1. The molecule has 1 amide bonds. The lowest BCUT2D eigenvalue weighted by molar-refractivity contribution is 0.0943. The number of likely N-dealkylation sites (N-methyl/N-ethyl adjacent to an activating group) is 1. The molecule has 1 unspecified atom stereocenters. The van der Waals surface area contributed by atoms with Gasteiger partial charge in [0, 0.05) is 36.2 Å². The minimum absolute atomic E-state index is 0.0546. The summed E-state index contributed by atoms with van der Waals surface area (Å²) in [6.45, 7) is 8.27.